The molecule has 2 heterocycles. The van der Waals surface area contributed by atoms with Crippen LogP contribution in [-0.4, -0.2) is 35.6 Å². The van der Waals surface area contributed by atoms with E-state index in [1.807, 2.05) is 6.07 Å². The summed E-state index contributed by atoms with van der Waals surface area (Å²) in [6, 6.07) is 8.52. The molecule has 1 atom stereocenters. The van der Waals surface area contributed by atoms with E-state index in [-0.39, 0.29) is 23.5 Å². The second kappa shape index (κ2) is 6.82. The first-order valence-electron chi connectivity index (χ1n) is 9.09. The molecule has 1 N–H and O–H groups in total. The second-order valence-electron chi connectivity index (χ2n) is 7.13. The van der Waals surface area contributed by atoms with Crippen LogP contribution in [-0.2, 0) is 22.7 Å². The molecule has 1 fully saturated rings. The quantitative estimate of drug-likeness (QED) is 0.874. The highest BCUT2D eigenvalue weighted by Gasteiger charge is 2.34. The molecule has 0 spiro atoms. The predicted octanol–water partition coefficient (Wildman–Crippen LogP) is 2.25. The number of fused-ring (bicyclic) bond motifs is 1. The summed E-state index contributed by atoms with van der Waals surface area (Å²) >= 11 is 0. The number of hydrogen-bond donors (Lipinski definition) is 1. The standard InChI is InChI=1S/C19H20N4O3S/c20-11-13-5-7-14(8-6-13)21-19(24)18-16-3-1-2-4-17(16)23(22-18)15-9-10-27(25,26)12-15/h5-8,15H,1-4,9-10,12H2,(H,21,24). The van der Waals surface area contributed by atoms with Crippen LogP contribution in [0.1, 0.15) is 52.6 Å². The number of carbonyl (C=O) groups excluding carboxylic acids is 1. The van der Waals surface area contributed by atoms with Crippen LogP contribution in [0.5, 0.6) is 0 Å². The molecule has 1 aromatic heterocycles. The van der Waals surface area contributed by atoms with Crippen molar-refractivity contribution in [2.75, 3.05) is 16.8 Å². The number of amides is 1. The van der Waals surface area contributed by atoms with Crippen LogP contribution in [0.15, 0.2) is 24.3 Å². The number of anilines is 1. The van der Waals surface area contributed by atoms with Gasteiger partial charge in [0, 0.05) is 16.9 Å². The summed E-state index contributed by atoms with van der Waals surface area (Å²) in [5.41, 5.74) is 3.46. The summed E-state index contributed by atoms with van der Waals surface area (Å²) in [6.45, 7) is 0. The Bertz CT molecular complexity index is 1030. The van der Waals surface area contributed by atoms with Crippen molar-refractivity contribution in [1.82, 2.24) is 9.78 Å². The number of nitrogens with zero attached hydrogens (tertiary/aromatic N) is 3. The molecule has 1 aromatic carbocycles. The second-order valence-corrected chi connectivity index (χ2v) is 9.35. The first-order chi connectivity index (χ1) is 13.0. The Labute approximate surface area is 157 Å². The Hall–Kier alpha value is -2.66. The molecule has 1 aliphatic carbocycles. The Kier molecular flexibility index (Phi) is 4.48. The molecule has 8 heteroatoms. The fraction of sp³-hybridized carbons (Fsp3) is 0.421. The van der Waals surface area contributed by atoms with E-state index in [1.165, 1.54) is 0 Å². The zero-order valence-corrected chi connectivity index (χ0v) is 15.6. The molecule has 140 valence electrons. The molecular weight excluding hydrogens is 364 g/mol. The summed E-state index contributed by atoms with van der Waals surface area (Å²) in [7, 11) is -3.02. The lowest BCUT2D eigenvalue weighted by atomic mass is 9.95. The average molecular weight is 384 g/mol. The molecule has 0 bridgehead atoms. The molecule has 1 saturated heterocycles. The lowest BCUT2D eigenvalue weighted by Crippen LogP contribution is -2.17. The van der Waals surface area contributed by atoms with Gasteiger partial charge in [0.05, 0.1) is 29.2 Å². The number of nitrogens with one attached hydrogen (secondary N) is 1. The van der Waals surface area contributed by atoms with E-state index in [9.17, 15) is 13.2 Å². The molecule has 1 unspecified atom stereocenters. The van der Waals surface area contributed by atoms with Crippen LogP contribution in [0.25, 0.3) is 0 Å². The number of sulfone groups is 1. The number of aromatic nitrogens is 2. The van der Waals surface area contributed by atoms with Crippen molar-refractivity contribution in [3.8, 4) is 6.07 Å². The van der Waals surface area contributed by atoms with Gasteiger partial charge in [-0.1, -0.05) is 0 Å². The Morgan fingerprint density at radius 2 is 1.96 bits per heavy atom. The van der Waals surface area contributed by atoms with Crippen LogP contribution < -0.4 is 5.32 Å². The smallest absolute Gasteiger partial charge is 0.276 e. The topological polar surface area (TPSA) is 105 Å². The van der Waals surface area contributed by atoms with Crippen molar-refractivity contribution in [3.63, 3.8) is 0 Å². The number of carbonyl (C=O) groups is 1. The van der Waals surface area contributed by atoms with E-state index in [0.717, 1.165) is 36.9 Å². The normalized spacial score (nSPS) is 20.6. The number of nitriles is 1. The van der Waals surface area contributed by atoms with Gasteiger partial charge in [-0.2, -0.15) is 10.4 Å². The van der Waals surface area contributed by atoms with Crippen molar-refractivity contribution >= 4 is 21.4 Å². The minimum absolute atomic E-state index is 0.0950. The molecule has 0 radical (unpaired) electrons. The van der Waals surface area contributed by atoms with Crippen LogP contribution in [0.4, 0.5) is 5.69 Å². The summed E-state index contributed by atoms with van der Waals surface area (Å²) in [6.07, 6.45) is 4.18. The van der Waals surface area contributed by atoms with E-state index in [0.29, 0.717) is 23.4 Å². The van der Waals surface area contributed by atoms with E-state index < -0.39 is 9.84 Å². The van der Waals surface area contributed by atoms with Gasteiger partial charge in [-0.15, -0.1) is 0 Å². The molecule has 0 saturated carbocycles. The molecule has 7 nitrogen and oxygen atoms in total. The fourth-order valence-electron chi connectivity index (χ4n) is 3.90. The maximum Gasteiger partial charge on any atom is 0.276 e. The van der Waals surface area contributed by atoms with Crippen LogP contribution >= 0.6 is 0 Å². The molecule has 4 rings (SSSR count). The lowest BCUT2D eigenvalue weighted by molar-refractivity contribution is 0.102. The number of hydrogen-bond acceptors (Lipinski definition) is 5. The number of benzene rings is 1. The molecule has 27 heavy (non-hydrogen) atoms. The summed E-state index contributed by atoms with van der Waals surface area (Å²) in [4.78, 5) is 12.8. The van der Waals surface area contributed by atoms with E-state index >= 15 is 0 Å². The molecular formula is C19H20N4O3S. The highest BCUT2D eigenvalue weighted by molar-refractivity contribution is 7.91. The minimum Gasteiger partial charge on any atom is -0.321 e. The van der Waals surface area contributed by atoms with Gasteiger partial charge in [-0.3, -0.25) is 9.48 Å². The first kappa shape index (κ1) is 17.7. The van der Waals surface area contributed by atoms with Crippen molar-refractivity contribution in [3.05, 3.63) is 46.8 Å². The summed E-state index contributed by atoms with van der Waals surface area (Å²) in [5, 5.41) is 16.3. The predicted molar refractivity (Wildman–Crippen MR) is 100 cm³/mol. The van der Waals surface area contributed by atoms with E-state index in [1.54, 1.807) is 28.9 Å². The largest absolute Gasteiger partial charge is 0.321 e. The maximum atomic E-state index is 12.8. The third-order valence-electron chi connectivity index (χ3n) is 5.25. The highest BCUT2D eigenvalue weighted by Crippen LogP contribution is 2.31. The van der Waals surface area contributed by atoms with Gasteiger partial charge in [0.25, 0.3) is 5.91 Å². The van der Waals surface area contributed by atoms with Crippen molar-refractivity contribution < 1.29 is 13.2 Å². The van der Waals surface area contributed by atoms with Gasteiger partial charge in [0.15, 0.2) is 15.5 Å². The SMILES string of the molecule is N#Cc1ccc(NC(=O)c2nn(C3CCS(=O)(=O)C3)c3c2CCCC3)cc1. The Balaban J connectivity index is 1.64. The minimum atomic E-state index is -3.02. The van der Waals surface area contributed by atoms with Gasteiger partial charge in [-0.25, -0.2) is 8.42 Å². The fourth-order valence-corrected chi connectivity index (χ4v) is 5.59. The van der Waals surface area contributed by atoms with E-state index in [4.69, 9.17) is 5.26 Å². The summed E-state index contributed by atoms with van der Waals surface area (Å²) in [5.74, 6) is -0.0193. The van der Waals surface area contributed by atoms with Crippen LogP contribution in [0.2, 0.25) is 0 Å². The number of rotatable bonds is 3. The monoisotopic (exact) mass is 384 g/mol. The Morgan fingerprint density at radius 3 is 2.63 bits per heavy atom. The zero-order chi connectivity index (χ0) is 19.0. The Morgan fingerprint density at radius 1 is 1.22 bits per heavy atom. The van der Waals surface area contributed by atoms with Gasteiger partial charge in [0.2, 0.25) is 0 Å². The highest BCUT2D eigenvalue weighted by atomic mass is 32.2. The van der Waals surface area contributed by atoms with Crippen molar-refractivity contribution in [2.24, 2.45) is 0 Å². The van der Waals surface area contributed by atoms with Gasteiger partial charge >= 0.3 is 0 Å². The molecule has 1 aliphatic heterocycles. The molecule has 2 aromatic rings. The zero-order valence-electron chi connectivity index (χ0n) is 14.8. The van der Waals surface area contributed by atoms with Crippen LogP contribution in [0, 0.1) is 11.3 Å². The first-order valence-corrected chi connectivity index (χ1v) is 10.9. The lowest BCUT2D eigenvalue weighted by Gasteiger charge is -2.17. The van der Waals surface area contributed by atoms with Gasteiger partial charge < -0.3 is 5.32 Å². The van der Waals surface area contributed by atoms with Crippen molar-refractivity contribution in [1.29, 1.82) is 5.26 Å². The maximum absolute atomic E-state index is 12.8. The third kappa shape index (κ3) is 3.47. The van der Waals surface area contributed by atoms with Crippen LogP contribution in [0.3, 0.4) is 0 Å². The summed E-state index contributed by atoms with van der Waals surface area (Å²) < 4.78 is 25.5. The molecule has 2 aliphatic rings. The average Bonchev–Trinajstić information content (AvgIpc) is 3.22. The van der Waals surface area contributed by atoms with E-state index in [2.05, 4.69) is 10.4 Å². The van der Waals surface area contributed by atoms with Gasteiger partial charge in [0.1, 0.15) is 0 Å². The third-order valence-corrected chi connectivity index (χ3v) is 7.00. The molecule has 1 amide bonds. The van der Waals surface area contributed by atoms with Gasteiger partial charge in [-0.05, 0) is 56.4 Å². The van der Waals surface area contributed by atoms with Crippen molar-refractivity contribution in [2.45, 2.75) is 38.1 Å².